The number of nitrogens with one attached hydrogen (secondary N) is 1. The molecule has 1 aromatic carbocycles. The van der Waals surface area contributed by atoms with Crippen molar-refractivity contribution in [1.29, 1.82) is 0 Å². The molecule has 3 unspecified atom stereocenters. The first-order chi connectivity index (χ1) is 13.7. The second kappa shape index (κ2) is 10.7. The Morgan fingerprint density at radius 2 is 2.03 bits per heavy atom. The molecule has 0 bridgehead atoms. The Labute approximate surface area is 196 Å². The molecule has 1 saturated carbocycles. The number of ether oxygens (including phenoxy) is 1. The maximum absolute atomic E-state index is 12.3. The van der Waals surface area contributed by atoms with Crippen LogP contribution < -0.4 is 5.32 Å². The van der Waals surface area contributed by atoms with Gasteiger partial charge in [0.2, 0.25) is 5.91 Å². The van der Waals surface area contributed by atoms with E-state index in [9.17, 15) is 4.79 Å². The number of hydrogen-bond acceptors (Lipinski definition) is 4. The van der Waals surface area contributed by atoms with Crippen molar-refractivity contribution in [3.8, 4) is 0 Å². The normalized spacial score (nSPS) is 23.3. The molecule has 2 heterocycles. The molecule has 1 aliphatic carbocycles. The first-order valence-corrected chi connectivity index (χ1v) is 10.3. The van der Waals surface area contributed by atoms with E-state index in [-0.39, 0.29) is 55.2 Å². The standard InChI is InChI=1S/C22H28N4O2.U/c1-16(26-14-19(24-25-26)12-17-8-4-2-5-9-17)21-13-20(15-28-21)23-22(27)18-10-6-3-7-11-18;/h3,6-7,10-11,13-14,16-17,20-21H,1-2,4-5,8-9,12,15H2,(H,23,27);/q-2;+2. The van der Waals surface area contributed by atoms with Gasteiger partial charge in [0, 0.05) is 18.4 Å². The van der Waals surface area contributed by atoms with Gasteiger partial charge < -0.3 is 17.0 Å². The van der Waals surface area contributed by atoms with E-state index in [0.29, 0.717) is 12.2 Å². The molecule has 0 spiro atoms. The van der Waals surface area contributed by atoms with E-state index in [1.165, 1.54) is 32.1 Å². The minimum Gasteiger partial charge on any atom is -0.411 e. The summed E-state index contributed by atoms with van der Waals surface area (Å²) in [5.74, 6) is 0.635. The van der Waals surface area contributed by atoms with Crippen LogP contribution in [0.2, 0.25) is 0 Å². The molecule has 4 rings (SSSR count). The number of hydrogen-bond donors (Lipinski definition) is 1. The molecule has 0 radical (unpaired) electrons. The number of aromatic nitrogens is 3. The molecular formula is C22H28N4O2U. The van der Waals surface area contributed by atoms with E-state index in [0.717, 1.165) is 18.0 Å². The summed E-state index contributed by atoms with van der Waals surface area (Å²) >= 11 is 0. The van der Waals surface area contributed by atoms with Crippen LogP contribution in [-0.2, 0) is 11.2 Å². The quantitative estimate of drug-likeness (QED) is 0.506. The van der Waals surface area contributed by atoms with Gasteiger partial charge in [-0.25, -0.2) is 0 Å². The summed E-state index contributed by atoms with van der Waals surface area (Å²) in [7, 11) is 0. The predicted molar refractivity (Wildman–Crippen MR) is 106 cm³/mol. The summed E-state index contributed by atoms with van der Waals surface area (Å²) in [6, 6.07) is 8.87. The largest absolute Gasteiger partial charge is 2.00 e. The molecule has 6 nitrogen and oxygen atoms in total. The molecule has 29 heavy (non-hydrogen) atoms. The monoisotopic (exact) mass is 618 g/mol. The minimum atomic E-state index is -0.203. The summed E-state index contributed by atoms with van der Waals surface area (Å²) in [6.45, 7) is 4.66. The fourth-order valence-corrected chi connectivity index (χ4v) is 4.13. The van der Waals surface area contributed by atoms with Crippen LogP contribution >= 0.6 is 0 Å². The average molecular weight is 619 g/mol. The zero-order valence-corrected chi connectivity index (χ0v) is 20.8. The first-order valence-electron chi connectivity index (χ1n) is 10.3. The van der Waals surface area contributed by atoms with Gasteiger partial charge >= 0.3 is 31.1 Å². The van der Waals surface area contributed by atoms with Crippen LogP contribution in [0.3, 0.4) is 0 Å². The SMILES string of the molecule is [CH2-]C(C1[CH-]C(NC(=O)c2ccccc2)CO1)n1cc(CC2CCCCC2)nn1.[U+2]. The summed E-state index contributed by atoms with van der Waals surface area (Å²) in [4.78, 5) is 12.3. The second-order valence-corrected chi connectivity index (χ2v) is 7.90. The van der Waals surface area contributed by atoms with Gasteiger partial charge in [0.05, 0.1) is 5.69 Å². The molecule has 3 atom stereocenters. The molecule has 1 aromatic heterocycles. The van der Waals surface area contributed by atoms with E-state index in [1.54, 1.807) is 16.8 Å². The van der Waals surface area contributed by atoms with Gasteiger partial charge in [-0.15, -0.1) is 5.10 Å². The molecule has 2 aliphatic rings. The summed E-state index contributed by atoms with van der Waals surface area (Å²) < 4.78 is 7.65. The Morgan fingerprint density at radius 1 is 1.28 bits per heavy atom. The van der Waals surface area contributed by atoms with Gasteiger partial charge in [-0.3, -0.25) is 15.9 Å². The van der Waals surface area contributed by atoms with Crippen LogP contribution in [0.25, 0.3) is 0 Å². The van der Waals surface area contributed by atoms with Crippen LogP contribution in [0.5, 0.6) is 0 Å². The molecular weight excluding hydrogens is 590 g/mol. The van der Waals surface area contributed by atoms with Crippen LogP contribution in [0.15, 0.2) is 36.5 Å². The van der Waals surface area contributed by atoms with Gasteiger partial charge in [0.25, 0.3) is 0 Å². The number of amides is 1. The van der Waals surface area contributed by atoms with Crippen LogP contribution in [0, 0.1) is 50.4 Å². The van der Waals surface area contributed by atoms with E-state index < -0.39 is 0 Å². The Balaban J connectivity index is 0.00000240. The van der Waals surface area contributed by atoms with Gasteiger partial charge in [-0.1, -0.05) is 73.7 Å². The predicted octanol–water partition coefficient (Wildman–Crippen LogP) is 3.18. The minimum absolute atomic E-state index is 0. The number of carbonyl (C=O) groups excluding carboxylic acids is 1. The molecule has 1 amide bonds. The molecule has 1 N–H and O–H groups in total. The third-order valence-corrected chi connectivity index (χ3v) is 5.74. The Bertz CT molecular complexity index is 776. The van der Waals surface area contributed by atoms with Crippen molar-refractivity contribution in [3.05, 3.63) is 61.1 Å². The van der Waals surface area contributed by atoms with Crippen molar-refractivity contribution >= 4 is 5.91 Å². The zero-order valence-electron chi connectivity index (χ0n) is 16.7. The Morgan fingerprint density at radius 3 is 2.79 bits per heavy atom. The van der Waals surface area contributed by atoms with Crippen molar-refractivity contribution in [3.63, 3.8) is 0 Å². The van der Waals surface area contributed by atoms with E-state index in [2.05, 4.69) is 22.6 Å². The van der Waals surface area contributed by atoms with E-state index in [4.69, 9.17) is 4.74 Å². The van der Waals surface area contributed by atoms with E-state index >= 15 is 0 Å². The van der Waals surface area contributed by atoms with Gasteiger partial charge in [-0.2, -0.15) is 0 Å². The summed E-state index contributed by atoms with van der Waals surface area (Å²) in [6.07, 6.45) is 11.4. The number of benzene rings is 1. The summed E-state index contributed by atoms with van der Waals surface area (Å²) in [5.41, 5.74) is 1.68. The van der Waals surface area contributed by atoms with E-state index in [1.807, 2.05) is 30.8 Å². The number of rotatable bonds is 6. The molecule has 1 saturated heterocycles. The summed E-state index contributed by atoms with van der Waals surface area (Å²) in [5, 5.41) is 11.6. The molecule has 2 aromatic rings. The van der Waals surface area contributed by atoms with Crippen molar-refractivity contribution in [2.45, 2.75) is 56.7 Å². The molecule has 1 aliphatic heterocycles. The van der Waals surface area contributed by atoms with Gasteiger partial charge in [0.15, 0.2) is 0 Å². The fourth-order valence-electron chi connectivity index (χ4n) is 4.13. The topological polar surface area (TPSA) is 69.0 Å². The Hall–Kier alpha value is -1.16. The van der Waals surface area contributed by atoms with Gasteiger partial charge in [0.1, 0.15) is 0 Å². The van der Waals surface area contributed by atoms with Crippen LogP contribution in [-0.4, -0.2) is 39.7 Å². The Kier molecular flexibility index (Phi) is 8.35. The fraction of sp³-hybridized carbons (Fsp3) is 0.500. The van der Waals surface area contributed by atoms with Crippen molar-refractivity contribution in [2.24, 2.45) is 5.92 Å². The van der Waals surface area contributed by atoms with Crippen molar-refractivity contribution in [1.82, 2.24) is 20.3 Å². The second-order valence-electron chi connectivity index (χ2n) is 7.90. The zero-order chi connectivity index (χ0) is 19.3. The van der Waals surface area contributed by atoms with Crippen LogP contribution in [0.4, 0.5) is 0 Å². The van der Waals surface area contributed by atoms with Crippen LogP contribution in [0.1, 0.15) is 54.2 Å². The van der Waals surface area contributed by atoms with Crippen molar-refractivity contribution in [2.75, 3.05) is 6.61 Å². The van der Waals surface area contributed by atoms with Crippen molar-refractivity contribution < 1.29 is 40.6 Å². The smallest absolute Gasteiger partial charge is 0.411 e. The first kappa shape index (κ1) is 22.5. The number of carbonyl (C=O) groups is 1. The average Bonchev–Trinajstić information content (AvgIpc) is 3.39. The maximum Gasteiger partial charge on any atom is 2.00 e. The number of nitrogens with zero attached hydrogens (tertiary/aromatic N) is 3. The molecule has 2 fully saturated rings. The maximum atomic E-state index is 12.3. The van der Waals surface area contributed by atoms with Gasteiger partial charge in [-0.05, 0) is 24.5 Å². The third kappa shape index (κ3) is 5.93. The third-order valence-electron chi connectivity index (χ3n) is 5.74. The molecule has 7 heteroatoms. The molecule has 152 valence electrons.